The third-order valence-corrected chi connectivity index (χ3v) is 5.58. The SMILES string of the molecule is O=C(OCC12CC3CC(CC(C3)C1)C2)C(F)(F)SOO[O-]. The first-order chi connectivity index (χ1) is 9.92. The third kappa shape index (κ3) is 3.18. The summed E-state index contributed by atoms with van der Waals surface area (Å²) in [5.41, 5.74) is -0.124. The van der Waals surface area contributed by atoms with Crippen molar-refractivity contribution in [3.8, 4) is 0 Å². The second-order valence-electron chi connectivity index (χ2n) is 6.73. The Balaban J connectivity index is 1.56. The van der Waals surface area contributed by atoms with Crippen LogP contribution in [0.2, 0.25) is 0 Å². The molecule has 0 unspecified atom stereocenters. The van der Waals surface area contributed by atoms with Gasteiger partial charge in [0.25, 0.3) is 0 Å². The summed E-state index contributed by atoms with van der Waals surface area (Å²) >= 11 is -0.639. The monoisotopic (exact) mass is 323 g/mol. The highest BCUT2D eigenvalue weighted by Crippen LogP contribution is 2.60. The van der Waals surface area contributed by atoms with E-state index in [2.05, 4.69) is 9.37 Å². The Hall–Kier alpha value is -0.440. The smallest absolute Gasteiger partial charge is 0.415 e. The highest BCUT2D eigenvalue weighted by atomic mass is 32.2. The average Bonchev–Trinajstić information content (AvgIpc) is 2.41. The Labute approximate surface area is 125 Å². The number of rotatable bonds is 6. The molecule has 0 aromatic heterocycles. The summed E-state index contributed by atoms with van der Waals surface area (Å²) in [5.74, 6) is 0.284. The predicted octanol–water partition coefficient (Wildman–Crippen LogP) is 2.21. The van der Waals surface area contributed by atoms with Crippen LogP contribution in [0.5, 0.6) is 0 Å². The summed E-state index contributed by atoms with van der Waals surface area (Å²) in [6.45, 7) is 0.0315. The van der Waals surface area contributed by atoms with Crippen LogP contribution in [0.1, 0.15) is 38.5 Å². The number of carbonyl (C=O) groups is 1. The molecule has 4 bridgehead atoms. The topological polar surface area (TPSA) is 67.8 Å². The fraction of sp³-hybridized carbons (Fsp3) is 0.923. The van der Waals surface area contributed by atoms with E-state index < -0.39 is 23.3 Å². The minimum Gasteiger partial charge on any atom is -0.691 e. The number of hydrogen-bond donors (Lipinski definition) is 0. The maximum atomic E-state index is 13.3. The first-order valence-electron chi connectivity index (χ1n) is 7.12. The van der Waals surface area contributed by atoms with E-state index >= 15 is 0 Å². The molecule has 4 rings (SSSR count). The van der Waals surface area contributed by atoms with Gasteiger partial charge in [-0.15, -0.1) is 0 Å². The summed E-state index contributed by atoms with van der Waals surface area (Å²) in [7, 11) is 0. The number of esters is 1. The zero-order valence-electron chi connectivity index (χ0n) is 11.4. The van der Waals surface area contributed by atoms with Crippen molar-refractivity contribution in [3.63, 3.8) is 0 Å². The van der Waals surface area contributed by atoms with Crippen molar-refractivity contribution in [1.82, 2.24) is 0 Å². The summed E-state index contributed by atoms with van der Waals surface area (Å²) in [4.78, 5) is 11.4. The first kappa shape index (κ1) is 15.5. The molecule has 4 saturated carbocycles. The number of ether oxygens (including phenoxy) is 1. The van der Waals surface area contributed by atoms with Gasteiger partial charge in [0.1, 0.15) is 12.0 Å². The summed E-state index contributed by atoms with van der Waals surface area (Å²) in [6.07, 6.45) is 6.58. The average molecular weight is 323 g/mol. The van der Waals surface area contributed by atoms with Gasteiger partial charge in [-0.3, -0.25) is 5.04 Å². The zero-order chi connectivity index (χ0) is 15.1. The molecule has 0 aromatic rings. The fourth-order valence-corrected chi connectivity index (χ4v) is 5.10. The van der Waals surface area contributed by atoms with Crippen molar-refractivity contribution in [2.24, 2.45) is 23.2 Å². The van der Waals surface area contributed by atoms with Gasteiger partial charge in [0.05, 0.1) is 6.61 Å². The van der Waals surface area contributed by atoms with Crippen molar-refractivity contribution < 1.29 is 32.9 Å². The molecule has 21 heavy (non-hydrogen) atoms. The molecule has 120 valence electrons. The summed E-state index contributed by atoms with van der Waals surface area (Å²) < 4.78 is 35.0. The Morgan fingerprint density at radius 2 is 1.71 bits per heavy atom. The summed E-state index contributed by atoms with van der Waals surface area (Å²) in [5, 5.41) is 8.45. The second-order valence-corrected chi connectivity index (χ2v) is 7.55. The van der Waals surface area contributed by atoms with Gasteiger partial charge in [-0.25, -0.2) is 4.79 Å². The number of hydrogen-bond acceptors (Lipinski definition) is 6. The second kappa shape index (κ2) is 5.64. The van der Waals surface area contributed by atoms with E-state index in [-0.39, 0.29) is 12.0 Å². The van der Waals surface area contributed by atoms with Crippen LogP contribution in [0.4, 0.5) is 8.78 Å². The highest BCUT2D eigenvalue weighted by Gasteiger charge is 2.52. The molecule has 4 aliphatic carbocycles. The minimum absolute atomic E-state index is 0.0315. The first-order valence-corrected chi connectivity index (χ1v) is 7.86. The number of alkyl halides is 2. The van der Waals surface area contributed by atoms with Crippen LogP contribution in [0.15, 0.2) is 0 Å². The predicted molar refractivity (Wildman–Crippen MR) is 66.3 cm³/mol. The molecule has 0 heterocycles. The Morgan fingerprint density at radius 1 is 1.19 bits per heavy atom. The maximum Gasteiger partial charge on any atom is 0.415 e. The van der Waals surface area contributed by atoms with Crippen LogP contribution < -0.4 is 5.26 Å². The zero-order valence-corrected chi connectivity index (χ0v) is 12.2. The van der Waals surface area contributed by atoms with E-state index in [0.29, 0.717) is 17.8 Å². The van der Waals surface area contributed by atoms with Crippen molar-refractivity contribution in [2.75, 3.05) is 6.61 Å². The largest absolute Gasteiger partial charge is 0.691 e. The Kier molecular flexibility index (Phi) is 4.15. The van der Waals surface area contributed by atoms with Gasteiger partial charge >= 0.3 is 11.2 Å². The van der Waals surface area contributed by atoms with Crippen LogP contribution in [-0.2, 0) is 18.9 Å². The molecule has 0 saturated heterocycles. The number of halogens is 2. The lowest BCUT2D eigenvalue weighted by atomic mass is 9.50. The molecule has 4 aliphatic rings. The van der Waals surface area contributed by atoms with Gasteiger partial charge in [0.2, 0.25) is 0 Å². The van der Waals surface area contributed by atoms with Gasteiger partial charge in [-0.05, 0) is 56.3 Å². The van der Waals surface area contributed by atoms with E-state index in [0.717, 1.165) is 19.3 Å². The minimum atomic E-state index is -3.94. The summed E-state index contributed by atoms with van der Waals surface area (Å²) in [6, 6.07) is 0. The maximum absolute atomic E-state index is 13.3. The van der Waals surface area contributed by atoms with Crippen LogP contribution in [0.3, 0.4) is 0 Å². The Morgan fingerprint density at radius 3 is 2.19 bits per heavy atom. The third-order valence-electron chi connectivity index (χ3n) is 5.08. The molecule has 0 aromatic carbocycles. The van der Waals surface area contributed by atoms with Crippen LogP contribution >= 0.6 is 12.0 Å². The fourth-order valence-electron chi connectivity index (χ4n) is 4.86. The van der Waals surface area contributed by atoms with E-state index in [4.69, 9.17) is 4.74 Å². The van der Waals surface area contributed by atoms with Crippen LogP contribution in [-0.4, -0.2) is 17.8 Å². The Bertz CT molecular complexity index is 382. The molecule has 0 aliphatic heterocycles. The lowest BCUT2D eigenvalue weighted by Crippen LogP contribution is -2.49. The molecule has 0 spiro atoms. The van der Waals surface area contributed by atoms with Gasteiger partial charge in [0, 0.05) is 5.41 Å². The van der Waals surface area contributed by atoms with Gasteiger partial charge in [0.15, 0.2) is 0 Å². The molecule has 5 nitrogen and oxygen atoms in total. The number of carbonyl (C=O) groups excluding carboxylic acids is 1. The van der Waals surface area contributed by atoms with Gasteiger partial charge in [-0.2, -0.15) is 13.1 Å². The van der Waals surface area contributed by atoms with Gasteiger partial charge < -0.3 is 9.99 Å². The molecule has 4 fully saturated rings. The molecular formula is C13H17F2O5S-. The quantitative estimate of drug-likeness (QED) is 0.323. The van der Waals surface area contributed by atoms with Crippen molar-refractivity contribution in [1.29, 1.82) is 0 Å². The molecule has 8 heteroatoms. The van der Waals surface area contributed by atoms with Crippen LogP contribution in [0.25, 0.3) is 0 Å². The van der Waals surface area contributed by atoms with E-state index in [1.165, 1.54) is 19.3 Å². The van der Waals surface area contributed by atoms with Gasteiger partial charge in [-0.1, -0.05) is 0 Å². The standard InChI is InChI=1S/C13H18F2O5S/c14-13(15,21-20-19-17)11(16)18-7-12-4-8-1-9(5-12)3-10(2-8)6-12/h8-10,17H,1-7H2/p-1. The lowest BCUT2D eigenvalue weighted by molar-refractivity contribution is -0.777. The van der Waals surface area contributed by atoms with E-state index in [9.17, 15) is 18.8 Å². The molecule has 0 amide bonds. The lowest BCUT2D eigenvalue weighted by Gasteiger charge is -2.56. The molecule has 0 radical (unpaired) electrons. The molecular weight excluding hydrogens is 306 g/mol. The van der Waals surface area contributed by atoms with Crippen molar-refractivity contribution in [3.05, 3.63) is 0 Å². The molecule has 0 N–H and O–H groups in total. The normalized spacial score (nSPS) is 37.8. The molecule has 0 atom stereocenters. The van der Waals surface area contributed by atoms with E-state index in [1.54, 1.807) is 0 Å². The van der Waals surface area contributed by atoms with Crippen molar-refractivity contribution >= 4 is 18.0 Å². The van der Waals surface area contributed by atoms with Crippen LogP contribution in [0, 0.1) is 23.2 Å². The van der Waals surface area contributed by atoms with Crippen molar-refractivity contribution in [2.45, 2.75) is 43.8 Å². The van der Waals surface area contributed by atoms with E-state index in [1.807, 2.05) is 0 Å². The highest BCUT2D eigenvalue weighted by molar-refractivity contribution is 7.96.